The molecule has 0 aliphatic heterocycles. The van der Waals surface area contributed by atoms with E-state index in [4.69, 9.17) is 11.6 Å². The molecule has 1 unspecified atom stereocenters. The molecule has 7 heteroatoms. The normalized spacial score (nSPS) is 11.8. The Balaban J connectivity index is 1.85. The summed E-state index contributed by atoms with van der Waals surface area (Å²) in [7, 11) is 0. The summed E-state index contributed by atoms with van der Waals surface area (Å²) in [6.45, 7) is 7.29. The predicted molar refractivity (Wildman–Crippen MR) is 137 cm³/mol. The van der Waals surface area contributed by atoms with Gasteiger partial charge in [-0.15, -0.1) is 11.3 Å². The Morgan fingerprint density at radius 1 is 1.00 bits per heavy atom. The second-order valence-electron chi connectivity index (χ2n) is 8.57. The molecule has 1 heterocycles. The van der Waals surface area contributed by atoms with Crippen molar-refractivity contribution >= 4 is 34.8 Å². The highest BCUT2D eigenvalue weighted by Gasteiger charge is 2.25. The van der Waals surface area contributed by atoms with Crippen LogP contribution in [0.5, 0.6) is 0 Å². The van der Waals surface area contributed by atoms with Crippen LogP contribution in [-0.4, -0.2) is 34.7 Å². The largest absolute Gasteiger partial charge is 0.332 e. The van der Waals surface area contributed by atoms with E-state index in [1.54, 1.807) is 57.5 Å². The van der Waals surface area contributed by atoms with Crippen LogP contribution in [0.3, 0.4) is 0 Å². The molecule has 1 atom stereocenters. The fourth-order valence-corrected chi connectivity index (χ4v) is 4.72. The van der Waals surface area contributed by atoms with E-state index in [1.807, 2.05) is 19.1 Å². The van der Waals surface area contributed by atoms with Crippen molar-refractivity contribution in [3.63, 3.8) is 0 Å². The maximum absolute atomic E-state index is 13.6. The molecule has 0 aliphatic carbocycles. The first-order valence-corrected chi connectivity index (χ1v) is 12.6. The lowest BCUT2D eigenvalue weighted by Crippen LogP contribution is -2.44. The third-order valence-corrected chi connectivity index (χ3v) is 7.04. The molecule has 2 amide bonds. The van der Waals surface area contributed by atoms with Crippen molar-refractivity contribution < 1.29 is 14.0 Å². The molecule has 3 rings (SSSR count). The number of aryl methyl sites for hydroxylation is 1. The number of carbonyl (C=O) groups is 2. The summed E-state index contributed by atoms with van der Waals surface area (Å²) in [6, 6.07) is 17.1. The van der Waals surface area contributed by atoms with E-state index in [0.717, 1.165) is 21.7 Å². The summed E-state index contributed by atoms with van der Waals surface area (Å²) >= 11 is 7.92. The van der Waals surface area contributed by atoms with E-state index < -0.39 is 0 Å². The molecule has 0 radical (unpaired) electrons. The van der Waals surface area contributed by atoms with Crippen molar-refractivity contribution in [2.45, 2.75) is 40.3 Å². The Kier molecular flexibility index (Phi) is 9.25. The first-order chi connectivity index (χ1) is 16.3. The number of nitrogens with zero attached hydrogens (tertiary/aromatic N) is 2. The van der Waals surface area contributed by atoms with Gasteiger partial charge in [-0.2, -0.15) is 0 Å². The average molecular weight is 501 g/mol. The minimum Gasteiger partial charge on any atom is -0.332 e. The molecule has 3 aromatic rings. The second kappa shape index (κ2) is 12.1. The fraction of sp³-hybridized carbons (Fsp3) is 0.333. The van der Waals surface area contributed by atoms with E-state index in [0.29, 0.717) is 30.2 Å². The molecule has 0 saturated heterocycles. The van der Waals surface area contributed by atoms with Crippen LogP contribution < -0.4 is 0 Å². The van der Waals surface area contributed by atoms with Crippen LogP contribution in [-0.2, 0) is 17.9 Å². The Labute approximate surface area is 210 Å². The standard InChI is InChI=1S/C27H30ClFN2O2S/c1-4-19(2)15-31(27(33)24-7-5-6-8-25(24)28)18-26(32)30(17-23-14-9-20(3)34-23)16-21-10-12-22(29)13-11-21/h5-14,19H,4,15-18H2,1-3H3. The number of thiophene rings is 1. The maximum Gasteiger partial charge on any atom is 0.255 e. The van der Waals surface area contributed by atoms with Gasteiger partial charge in [0.2, 0.25) is 5.91 Å². The van der Waals surface area contributed by atoms with Gasteiger partial charge in [-0.25, -0.2) is 4.39 Å². The lowest BCUT2D eigenvalue weighted by atomic mass is 10.1. The number of rotatable bonds is 10. The molecule has 0 aliphatic rings. The molecule has 0 spiro atoms. The van der Waals surface area contributed by atoms with Crippen molar-refractivity contribution in [3.8, 4) is 0 Å². The van der Waals surface area contributed by atoms with Gasteiger partial charge in [0, 0.05) is 22.8 Å². The summed E-state index contributed by atoms with van der Waals surface area (Å²) in [5.74, 6) is -0.516. The zero-order valence-electron chi connectivity index (χ0n) is 19.8. The molecule has 0 N–H and O–H groups in total. The van der Waals surface area contributed by atoms with Crippen molar-refractivity contribution in [2.75, 3.05) is 13.1 Å². The number of benzene rings is 2. The van der Waals surface area contributed by atoms with E-state index in [1.165, 1.54) is 12.1 Å². The maximum atomic E-state index is 13.6. The van der Waals surface area contributed by atoms with Gasteiger partial charge in [-0.1, -0.05) is 56.1 Å². The molecule has 1 aromatic heterocycles. The van der Waals surface area contributed by atoms with Gasteiger partial charge in [-0.05, 0) is 54.8 Å². The van der Waals surface area contributed by atoms with Crippen molar-refractivity contribution in [1.29, 1.82) is 0 Å². The van der Waals surface area contributed by atoms with Crippen molar-refractivity contribution in [1.82, 2.24) is 9.80 Å². The van der Waals surface area contributed by atoms with E-state index in [2.05, 4.69) is 13.8 Å². The molecule has 4 nitrogen and oxygen atoms in total. The number of carbonyl (C=O) groups excluding carboxylic acids is 2. The Morgan fingerprint density at radius 3 is 2.32 bits per heavy atom. The monoisotopic (exact) mass is 500 g/mol. The number of hydrogen-bond acceptors (Lipinski definition) is 3. The van der Waals surface area contributed by atoms with Gasteiger partial charge < -0.3 is 9.80 Å². The van der Waals surface area contributed by atoms with Gasteiger partial charge in [-0.3, -0.25) is 9.59 Å². The summed E-state index contributed by atoms with van der Waals surface area (Å²) in [5, 5.41) is 0.367. The smallest absolute Gasteiger partial charge is 0.255 e. The van der Waals surface area contributed by atoms with Crippen LogP contribution in [0, 0.1) is 18.7 Å². The summed E-state index contributed by atoms with van der Waals surface area (Å²) in [6.07, 6.45) is 0.883. The Bertz CT molecular complexity index is 1120. The van der Waals surface area contributed by atoms with Crippen LogP contribution in [0.25, 0.3) is 0 Å². The SMILES string of the molecule is CCC(C)CN(CC(=O)N(Cc1ccc(F)cc1)Cc1ccc(C)s1)C(=O)c1ccccc1Cl. The third-order valence-electron chi connectivity index (χ3n) is 5.73. The molecule has 0 fully saturated rings. The van der Waals surface area contributed by atoms with Gasteiger partial charge in [0.1, 0.15) is 12.4 Å². The number of halogens is 2. The van der Waals surface area contributed by atoms with E-state index >= 15 is 0 Å². The van der Waals surface area contributed by atoms with Gasteiger partial charge in [0.05, 0.1) is 17.1 Å². The van der Waals surface area contributed by atoms with Crippen molar-refractivity contribution in [2.24, 2.45) is 5.92 Å². The average Bonchev–Trinajstić information content (AvgIpc) is 3.23. The van der Waals surface area contributed by atoms with E-state index in [-0.39, 0.29) is 30.1 Å². The third kappa shape index (κ3) is 7.15. The molecule has 0 saturated carbocycles. The van der Waals surface area contributed by atoms with Crippen LogP contribution in [0.15, 0.2) is 60.7 Å². The van der Waals surface area contributed by atoms with Crippen LogP contribution in [0.2, 0.25) is 5.02 Å². The summed E-state index contributed by atoms with van der Waals surface area (Å²) in [4.78, 5) is 32.5. The highest BCUT2D eigenvalue weighted by atomic mass is 35.5. The minimum atomic E-state index is -0.319. The quantitative estimate of drug-likeness (QED) is 0.316. The van der Waals surface area contributed by atoms with Crippen molar-refractivity contribution in [3.05, 3.63) is 92.4 Å². The van der Waals surface area contributed by atoms with Gasteiger partial charge in [0.15, 0.2) is 0 Å². The zero-order chi connectivity index (χ0) is 24.7. The lowest BCUT2D eigenvalue weighted by molar-refractivity contribution is -0.133. The first kappa shape index (κ1) is 25.9. The van der Waals surface area contributed by atoms with Crippen LogP contribution >= 0.6 is 22.9 Å². The number of hydrogen-bond donors (Lipinski definition) is 0. The molecule has 180 valence electrons. The summed E-state index contributed by atoms with van der Waals surface area (Å²) in [5.41, 5.74) is 1.22. The predicted octanol–water partition coefficient (Wildman–Crippen LogP) is 6.57. The molecule has 2 aromatic carbocycles. The zero-order valence-corrected chi connectivity index (χ0v) is 21.3. The lowest BCUT2D eigenvalue weighted by Gasteiger charge is -2.29. The highest BCUT2D eigenvalue weighted by Crippen LogP contribution is 2.21. The Morgan fingerprint density at radius 2 is 1.71 bits per heavy atom. The topological polar surface area (TPSA) is 40.6 Å². The van der Waals surface area contributed by atoms with Gasteiger partial charge in [0.25, 0.3) is 5.91 Å². The van der Waals surface area contributed by atoms with Crippen LogP contribution in [0.4, 0.5) is 4.39 Å². The molecule has 34 heavy (non-hydrogen) atoms. The summed E-state index contributed by atoms with van der Waals surface area (Å²) < 4.78 is 13.4. The number of amides is 2. The molecule has 0 bridgehead atoms. The minimum absolute atomic E-state index is 0.0556. The fourth-order valence-electron chi connectivity index (χ4n) is 3.59. The Hall–Kier alpha value is -2.70. The highest BCUT2D eigenvalue weighted by molar-refractivity contribution is 7.11. The molecular weight excluding hydrogens is 471 g/mol. The first-order valence-electron chi connectivity index (χ1n) is 11.4. The molecular formula is C27H30ClFN2O2S. The van der Waals surface area contributed by atoms with E-state index in [9.17, 15) is 14.0 Å². The second-order valence-corrected chi connectivity index (χ2v) is 10.3. The van der Waals surface area contributed by atoms with Gasteiger partial charge >= 0.3 is 0 Å². The van der Waals surface area contributed by atoms with Crippen LogP contribution in [0.1, 0.15) is 45.9 Å².